The van der Waals surface area contributed by atoms with E-state index in [0.717, 1.165) is 11.3 Å². The summed E-state index contributed by atoms with van der Waals surface area (Å²) in [6, 6.07) is 15.5. The van der Waals surface area contributed by atoms with E-state index < -0.39 is 5.97 Å². The van der Waals surface area contributed by atoms with Crippen molar-refractivity contribution in [3.05, 3.63) is 65.2 Å². The number of benzene rings is 2. The molecule has 3 heteroatoms. The molecule has 0 saturated carbocycles. The third-order valence-corrected chi connectivity index (χ3v) is 3.79. The smallest absolute Gasteiger partial charge is 0.335 e. The molecule has 0 atom stereocenters. The molecular weight excluding hydrogens is 244 g/mol. The summed E-state index contributed by atoms with van der Waals surface area (Å²) in [5.41, 5.74) is 2.55. The standard InChI is InChI=1S/C15H14O2S/c1-11-9-12(15(16)17)7-8-13(11)10-18-14-5-3-2-4-6-14/h2-9H,10H2,1H3,(H,16,17). The summed E-state index contributed by atoms with van der Waals surface area (Å²) in [5.74, 6) is -0.0178. The molecule has 0 heterocycles. The average Bonchev–Trinajstić information content (AvgIpc) is 2.38. The van der Waals surface area contributed by atoms with Crippen LogP contribution < -0.4 is 0 Å². The highest BCUT2D eigenvalue weighted by molar-refractivity contribution is 7.98. The number of carboxylic acid groups (broad SMARTS) is 1. The predicted octanol–water partition coefficient (Wildman–Crippen LogP) is 3.99. The zero-order valence-corrected chi connectivity index (χ0v) is 10.9. The quantitative estimate of drug-likeness (QED) is 0.843. The number of hydrogen-bond acceptors (Lipinski definition) is 2. The Bertz CT molecular complexity index is 550. The third kappa shape index (κ3) is 3.14. The van der Waals surface area contributed by atoms with Gasteiger partial charge in [-0.2, -0.15) is 0 Å². The van der Waals surface area contributed by atoms with Crippen molar-refractivity contribution in [1.82, 2.24) is 0 Å². The Morgan fingerprint density at radius 2 is 1.89 bits per heavy atom. The fourth-order valence-electron chi connectivity index (χ4n) is 1.67. The molecular formula is C15H14O2S. The molecule has 0 radical (unpaired) electrons. The zero-order chi connectivity index (χ0) is 13.0. The number of carboxylic acids is 1. The fraction of sp³-hybridized carbons (Fsp3) is 0.133. The zero-order valence-electron chi connectivity index (χ0n) is 10.1. The van der Waals surface area contributed by atoms with Gasteiger partial charge in [0.05, 0.1) is 5.56 Å². The number of carbonyl (C=O) groups is 1. The van der Waals surface area contributed by atoms with Crippen LogP contribution in [0.25, 0.3) is 0 Å². The van der Waals surface area contributed by atoms with Gasteiger partial charge in [0.1, 0.15) is 0 Å². The lowest BCUT2D eigenvalue weighted by molar-refractivity contribution is 0.0697. The van der Waals surface area contributed by atoms with E-state index in [2.05, 4.69) is 12.1 Å². The Morgan fingerprint density at radius 3 is 2.50 bits per heavy atom. The maximum Gasteiger partial charge on any atom is 0.335 e. The summed E-state index contributed by atoms with van der Waals surface area (Å²) in [6.45, 7) is 1.95. The first-order chi connectivity index (χ1) is 8.66. The number of thioether (sulfide) groups is 1. The first kappa shape index (κ1) is 12.7. The Labute approximate surface area is 111 Å². The van der Waals surface area contributed by atoms with Crippen molar-refractivity contribution in [2.24, 2.45) is 0 Å². The molecule has 92 valence electrons. The number of rotatable bonds is 4. The van der Waals surface area contributed by atoms with E-state index in [9.17, 15) is 4.79 Å². The third-order valence-electron chi connectivity index (χ3n) is 2.73. The highest BCUT2D eigenvalue weighted by Gasteiger charge is 2.05. The summed E-state index contributed by atoms with van der Waals surface area (Å²) < 4.78 is 0. The van der Waals surface area contributed by atoms with Gasteiger partial charge in [0.25, 0.3) is 0 Å². The highest BCUT2D eigenvalue weighted by atomic mass is 32.2. The Hall–Kier alpha value is -1.74. The molecule has 2 nitrogen and oxygen atoms in total. The van der Waals surface area contributed by atoms with Gasteiger partial charge in [-0.05, 0) is 42.3 Å². The molecule has 0 unspecified atom stereocenters. The van der Waals surface area contributed by atoms with Crippen LogP contribution in [0.4, 0.5) is 0 Å². The van der Waals surface area contributed by atoms with Crippen molar-refractivity contribution < 1.29 is 9.90 Å². The molecule has 0 amide bonds. The summed E-state index contributed by atoms with van der Waals surface area (Å²) >= 11 is 1.75. The van der Waals surface area contributed by atoms with Gasteiger partial charge < -0.3 is 5.11 Å². The predicted molar refractivity (Wildman–Crippen MR) is 74.1 cm³/mol. The van der Waals surface area contributed by atoms with Gasteiger partial charge in [-0.25, -0.2) is 4.79 Å². The average molecular weight is 258 g/mol. The van der Waals surface area contributed by atoms with Crippen LogP contribution in [-0.2, 0) is 5.75 Å². The van der Waals surface area contributed by atoms with E-state index in [0.29, 0.717) is 5.56 Å². The number of hydrogen-bond donors (Lipinski definition) is 1. The fourth-order valence-corrected chi connectivity index (χ4v) is 2.66. The van der Waals surface area contributed by atoms with E-state index in [4.69, 9.17) is 5.11 Å². The van der Waals surface area contributed by atoms with Gasteiger partial charge in [0, 0.05) is 10.6 Å². The molecule has 2 rings (SSSR count). The van der Waals surface area contributed by atoms with E-state index in [-0.39, 0.29) is 0 Å². The van der Waals surface area contributed by atoms with Gasteiger partial charge in [-0.15, -0.1) is 11.8 Å². The first-order valence-corrected chi connectivity index (χ1v) is 6.66. The molecule has 0 saturated heterocycles. The Morgan fingerprint density at radius 1 is 1.17 bits per heavy atom. The van der Waals surface area contributed by atoms with E-state index in [1.54, 1.807) is 23.9 Å². The Balaban J connectivity index is 2.08. The molecule has 0 bridgehead atoms. The summed E-state index contributed by atoms with van der Waals surface area (Å²) in [5, 5.41) is 8.90. The van der Waals surface area contributed by atoms with Crippen molar-refractivity contribution in [2.45, 2.75) is 17.6 Å². The molecule has 0 aromatic heterocycles. The van der Waals surface area contributed by atoms with Crippen molar-refractivity contribution >= 4 is 17.7 Å². The largest absolute Gasteiger partial charge is 0.478 e. The number of aromatic carboxylic acids is 1. The molecule has 0 aliphatic rings. The maximum absolute atomic E-state index is 10.8. The van der Waals surface area contributed by atoms with Crippen molar-refractivity contribution in [2.75, 3.05) is 0 Å². The van der Waals surface area contributed by atoms with Crippen LogP contribution in [0.1, 0.15) is 21.5 Å². The van der Waals surface area contributed by atoms with Crippen LogP contribution in [0.3, 0.4) is 0 Å². The van der Waals surface area contributed by atoms with Gasteiger partial charge in [0.15, 0.2) is 0 Å². The highest BCUT2D eigenvalue weighted by Crippen LogP contribution is 2.24. The molecule has 18 heavy (non-hydrogen) atoms. The molecule has 0 aliphatic heterocycles. The summed E-state index contributed by atoms with van der Waals surface area (Å²) in [4.78, 5) is 12.1. The lowest BCUT2D eigenvalue weighted by atomic mass is 10.1. The minimum Gasteiger partial charge on any atom is -0.478 e. The van der Waals surface area contributed by atoms with Gasteiger partial charge in [-0.3, -0.25) is 0 Å². The monoisotopic (exact) mass is 258 g/mol. The second-order valence-corrected chi connectivity index (χ2v) is 5.10. The minimum atomic E-state index is -0.875. The van der Waals surface area contributed by atoms with Crippen LogP contribution in [0, 0.1) is 6.92 Å². The molecule has 0 fully saturated rings. The molecule has 2 aromatic rings. The van der Waals surface area contributed by atoms with Crippen LogP contribution in [-0.4, -0.2) is 11.1 Å². The lowest BCUT2D eigenvalue weighted by Crippen LogP contribution is -1.98. The van der Waals surface area contributed by atoms with Crippen LogP contribution >= 0.6 is 11.8 Å². The van der Waals surface area contributed by atoms with Gasteiger partial charge in [0.2, 0.25) is 0 Å². The second-order valence-electron chi connectivity index (χ2n) is 4.05. The second kappa shape index (κ2) is 5.74. The summed E-state index contributed by atoms with van der Waals surface area (Å²) in [7, 11) is 0. The van der Waals surface area contributed by atoms with Gasteiger partial charge >= 0.3 is 5.97 Å². The van der Waals surface area contributed by atoms with Crippen LogP contribution in [0.15, 0.2) is 53.4 Å². The Kier molecular flexibility index (Phi) is 4.05. The minimum absolute atomic E-state index is 0.348. The molecule has 1 N–H and O–H groups in total. The van der Waals surface area contributed by atoms with Crippen LogP contribution in [0.5, 0.6) is 0 Å². The number of aryl methyl sites for hydroxylation is 1. The van der Waals surface area contributed by atoms with E-state index >= 15 is 0 Å². The molecule has 0 aliphatic carbocycles. The van der Waals surface area contributed by atoms with E-state index in [1.165, 1.54) is 10.5 Å². The summed E-state index contributed by atoms with van der Waals surface area (Å²) in [6.07, 6.45) is 0. The topological polar surface area (TPSA) is 37.3 Å². The molecule has 0 spiro atoms. The van der Waals surface area contributed by atoms with Crippen molar-refractivity contribution in [3.8, 4) is 0 Å². The molecule has 2 aromatic carbocycles. The SMILES string of the molecule is Cc1cc(C(=O)O)ccc1CSc1ccccc1. The van der Waals surface area contributed by atoms with Gasteiger partial charge in [-0.1, -0.05) is 24.3 Å². The van der Waals surface area contributed by atoms with Crippen molar-refractivity contribution in [1.29, 1.82) is 0 Å². The normalized spacial score (nSPS) is 10.3. The maximum atomic E-state index is 10.8. The first-order valence-electron chi connectivity index (χ1n) is 5.67. The van der Waals surface area contributed by atoms with E-state index in [1.807, 2.05) is 31.2 Å². The van der Waals surface area contributed by atoms with Crippen molar-refractivity contribution in [3.63, 3.8) is 0 Å². The van der Waals surface area contributed by atoms with Crippen LogP contribution in [0.2, 0.25) is 0 Å². The lowest BCUT2D eigenvalue weighted by Gasteiger charge is -2.06.